The minimum Gasteiger partial charge on any atom is -0.314 e. The maximum atomic E-state index is 11.8. The van der Waals surface area contributed by atoms with E-state index in [0.29, 0.717) is 12.4 Å². The molecule has 2 heterocycles. The van der Waals surface area contributed by atoms with E-state index in [-0.39, 0.29) is 12.5 Å². The number of halogens is 1. The zero-order chi connectivity index (χ0) is 13.7. The molecular formula is C11H13BrN6O. The van der Waals surface area contributed by atoms with Crippen molar-refractivity contribution in [2.24, 2.45) is 0 Å². The van der Waals surface area contributed by atoms with Gasteiger partial charge in [0.25, 0.3) is 0 Å². The summed E-state index contributed by atoms with van der Waals surface area (Å²) in [5.41, 5.74) is 0.789. The lowest BCUT2D eigenvalue weighted by Crippen LogP contribution is -2.19. The number of carbonyl (C=O) groups is 1. The molecule has 0 spiro atoms. The highest BCUT2D eigenvalue weighted by atomic mass is 79.9. The van der Waals surface area contributed by atoms with Crippen LogP contribution in [0.2, 0.25) is 0 Å². The molecule has 2 N–H and O–H groups in total. The maximum Gasteiger partial charge on any atom is 0.247 e. The van der Waals surface area contributed by atoms with Crippen LogP contribution in [-0.4, -0.2) is 32.9 Å². The van der Waals surface area contributed by atoms with Crippen molar-refractivity contribution in [2.75, 3.05) is 12.4 Å². The number of carbonyl (C=O) groups excluding carboxylic acids is 1. The first-order valence-corrected chi connectivity index (χ1v) is 6.41. The molecule has 0 aromatic carbocycles. The number of nitrogens with one attached hydrogen (secondary N) is 2. The van der Waals surface area contributed by atoms with Crippen LogP contribution in [0.25, 0.3) is 0 Å². The number of aromatic nitrogens is 4. The molecule has 7 nitrogen and oxygen atoms in total. The molecule has 0 saturated heterocycles. The average Bonchev–Trinajstić information content (AvgIpc) is 2.80. The smallest absolute Gasteiger partial charge is 0.247 e. The number of pyridine rings is 1. The summed E-state index contributed by atoms with van der Waals surface area (Å²) in [4.78, 5) is 15.8. The third kappa shape index (κ3) is 4.11. The summed E-state index contributed by atoms with van der Waals surface area (Å²) in [7, 11) is 1.82. The molecule has 1 amide bonds. The van der Waals surface area contributed by atoms with Gasteiger partial charge in [-0.1, -0.05) is 5.21 Å². The summed E-state index contributed by atoms with van der Waals surface area (Å²) in [6, 6.07) is 3.53. The summed E-state index contributed by atoms with van der Waals surface area (Å²) in [6.45, 7) is 0.727. The monoisotopic (exact) mass is 324 g/mol. The second-order valence-corrected chi connectivity index (χ2v) is 4.76. The van der Waals surface area contributed by atoms with Crippen LogP contribution in [0.15, 0.2) is 29.0 Å². The Morgan fingerprint density at radius 2 is 2.32 bits per heavy atom. The van der Waals surface area contributed by atoms with Gasteiger partial charge in [-0.3, -0.25) is 4.79 Å². The van der Waals surface area contributed by atoms with Gasteiger partial charge in [0.15, 0.2) is 0 Å². The van der Waals surface area contributed by atoms with Crippen molar-refractivity contribution in [3.63, 3.8) is 0 Å². The van der Waals surface area contributed by atoms with Crippen LogP contribution in [0.5, 0.6) is 0 Å². The molecule has 0 bridgehead atoms. The molecule has 0 fully saturated rings. The Kier molecular flexibility index (Phi) is 4.58. The fraction of sp³-hybridized carbons (Fsp3) is 0.273. The molecule has 2 aromatic rings. The number of rotatable bonds is 5. The number of anilines is 1. The van der Waals surface area contributed by atoms with Gasteiger partial charge in [-0.05, 0) is 35.1 Å². The molecule has 0 atom stereocenters. The van der Waals surface area contributed by atoms with Gasteiger partial charge in [-0.25, -0.2) is 9.67 Å². The van der Waals surface area contributed by atoms with E-state index in [2.05, 4.69) is 41.9 Å². The van der Waals surface area contributed by atoms with E-state index in [0.717, 1.165) is 10.2 Å². The van der Waals surface area contributed by atoms with E-state index in [4.69, 9.17) is 0 Å². The van der Waals surface area contributed by atoms with Crippen molar-refractivity contribution in [1.82, 2.24) is 25.3 Å². The van der Waals surface area contributed by atoms with Gasteiger partial charge in [0.1, 0.15) is 12.4 Å². The van der Waals surface area contributed by atoms with Crippen LogP contribution in [0.3, 0.4) is 0 Å². The first-order valence-electron chi connectivity index (χ1n) is 5.62. The first-order chi connectivity index (χ1) is 9.17. The molecule has 0 aliphatic heterocycles. The minimum absolute atomic E-state index is 0.106. The van der Waals surface area contributed by atoms with Gasteiger partial charge in [-0.15, -0.1) is 5.10 Å². The topological polar surface area (TPSA) is 84.7 Å². The lowest BCUT2D eigenvalue weighted by molar-refractivity contribution is -0.116. The molecule has 2 rings (SSSR count). The Bertz CT molecular complexity index is 553. The largest absolute Gasteiger partial charge is 0.314 e. The summed E-state index contributed by atoms with van der Waals surface area (Å²) in [6.07, 6.45) is 3.35. The Labute approximate surface area is 118 Å². The highest BCUT2D eigenvalue weighted by Crippen LogP contribution is 2.10. The molecular weight excluding hydrogens is 312 g/mol. The van der Waals surface area contributed by atoms with E-state index in [1.807, 2.05) is 13.1 Å². The predicted octanol–water partition coefficient (Wildman–Crippen LogP) is 0.794. The van der Waals surface area contributed by atoms with Crippen molar-refractivity contribution >= 4 is 27.7 Å². The van der Waals surface area contributed by atoms with Crippen LogP contribution >= 0.6 is 15.9 Å². The quantitative estimate of drug-likeness (QED) is 0.849. The van der Waals surface area contributed by atoms with E-state index >= 15 is 0 Å². The van der Waals surface area contributed by atoms with E-state index in [1.54, 1.807) is 18.5 Å². The fourth-order valence-electron chi connectivity index (χ4n) is 1.46. The Balaban J connectivity index is 1.91. The molecule has 0 aliphatic carbocycles. The van der Waals surface area contributed by atoms with Crippen molar-refractivity contribution in [1.29, 1.82) is 0 Å². The van der Waals surface area contributed by atoms with Gasteiger partial charge in [0, 0.05) is 17.2 Å². The summed E-state index contributed by atoms with van der Waals surface area (Å²) < 4.78 is 2.35. The second-order valence-electron chi connectivity index (χ2n) is 3.85. The standard InChI is InChI=1S/C11H13BrN6O/c1-13-5-9-6-18(17-16-9)7-11(19)15-10-3-2-8(12)4-14-10/h2-4,6,13H,5,7H2,1H3,(H,14,15,19). The number of hydrogen-bond acceptors (Lipinski definition) is 5. The molecule has 8 heteroatoms. The molecule has 2 aromatic heterocycles. The normalized spacial score (nSPS) is 10.4. The lowest BCUT2D eigenvalue weighted by atomic mass is 10.4. The third-order valence-electron chi connectivity index (χ3n) is 2.24. The average molecular weight is 325 g/mol. The molecule has 19 heavy (non-hydrogen) atoms. The third-order valence-corrected chi connectivity index (χ3v) is 2.71. The van der Waals surface area contributed by atoms with E-state index in [1.165, 1.54) is 4.68 Å². The van der Waals surface area contributed by atoms with E-state index < -0.39 is 0 Å². The Morgan fingerprint density at radius 3 is 3.00 bits per heavy atom. The first kappa shape index (κ1) is 13.6. The molecule has 100 valence electrons. The van der Waals surface area contributed by atoms with Crippen LogP contribution in [0.4, 0.5) is 5.82 Å². The minimum atomic E-state index is -0.198. The predicted molar refractivity (Wildman–Crippen MR) is 73.4 cm³/mol. The van der Waals surface area contributed by atoms with Crippen LogP contribution in [0.1, 0.15) is 5.69 Å². The molecule has 0 unspecified atom stereocenters. The summed E-state index contributed by atoms with van der Waals surface area (Å²) in [5, 5.41) is 13.4. The van der Waals surface area contributed by atoms with Crippen molar-refractivity contribution in [3.8, 4) is 0 Å². The van der Waals surface area contributed by atoms with Gasteiger partial charge in [0.2, 0.25) is 5.91 Å². The second kappa shape index (κ2) is 6.39. The number of hydrogen-bond donors (Lipinski definition) is 2. The summed E-state index contributed by atoms with van der Waals surface area (Å²) in [5.74, 6) is 0.305. The van der Waals surface area contributed by atoms with Gasteiger partial charge in [-0.2, -0.15) is 0 Å². The van der Waals surface area contributed by atoms with Crippen molar-refractivity contribution < 1.29 is 4.79 Å². The summed E-state index contributed by atoms with van der Waals surface area (Å²) >= 11 is 3.28. The highest BCUT2D eigenvalue weighted by molar-refractivity contribution is 9.10. The zero-order valence-corrected chi connectivity index (χ0v) is 11.9. The maximum absolute atomic E-state index is 11.8. The number of nitrogens with zero attached hydrogens (tertiary/aromatic N) is 4. The van der Waals surface area contributed by atoms with Gasteiger partial charge < -0.3 is 10.6 Å². The molecule has 0 saturated carbocycles. The molecule has 0 aliphatic rings. The van der Waals surface area contributed by atoms with Crippen LogP contribution in [-0.2, 0) is 17.9 Å². The van der Waals surface area contributed by atoms with Crippen molar-refractivity contribution in [2.45, 2.75) is 13.1 Å². The fourth-order valence-corrected chi connectivity index (χ4v) is 1.69. The van der Waals surface area contributed by atoms with Crippen LogP contribution in [0, 0.1) is 0 Å². The van der Waals surface area contributed by atoms with Crippen LogP contribution < -0.4 is 10.6 Å². The van der Waals surface area contributed by atoms with Crippen molar-refractivity contribution in [3.05, 3.63) is 34.7 Å². The molecule has 0 radical (unpaired) electrons. The Morgan fingerprint density at radius 1 is 1.47 bits per heavy atom. The van der Waals surface area contributed by atoms with Gasteiger partial charge in [0.05, 0.1) is 11.9 Å². The SMILES string of the molecule is CNCc1cn(CC(=O)Nc2ccc(Br)cn2)nn1. The number of amides is 1. The Hall–Kier alpha value is -1.80. The van der Waals surface area contributed by atoms with Gasteiger partial charge >= 0.3 is 0 Å². The van der Waals surface area contributed by atoms with E-state index in [9.17, 15) is 4.79 Å². The lowest BCUT2D eigenvalue weighted by Gasteiger charge is -2.03. The highest BCUT2D eigenvalue weighted by Gasteiger charge is 2.06. The zero-order valence-electron chi connectivity index (χ0n) is 10.3.